The fourth-order valence-corrected chi connectivity index (χ4v) is 5.27. The summed E-state index contributed by atoms with van der Waals surface area (Å²) in [6.45, 7) is 2.70. The molecule has 1 aromatic rings. The maximum Gasteiger partial charge on any atom is 0.408 e. The Morgan fingerprint density at radius 3 is 2.32 bits per heavy atom. The first kappa shape index (κ1) is 21.5. The molecular formula is C22H27F2N3O4. The molecule has 1 atom stereocenters. The summed E-state index contributed by atoms with van der Waals surface area (Å²) >= 11 is 0. The molecule has 2 saturated heterocycles. The van der Waals surface area contributed by atoms with Gasteiger partial charge < -0.3 is 10.0 Å². The number of carbonyl (C=O) groups excluding carboxylic acids is 2. The van der Waals surface area contributed by atoms with Gasteiger partial charge in [-0.2, -0.15) is 0 Å². The predicted molar refractivity (Wildman–Crippen MR) is 109 cm³/mol. The number of hydrogen-bond acceptors (Lipinski definition) is 4. The lowest BCUT2D eigenvalue weighted by Gasteiger charge is -2.53. The molecule has 7 nitrogen and oxygen atoms in total. The van der Waals surface area contributed by atoms with Gasteiger partial charge >= 0.3 is 6.09 Å². The summed E-state index contributed by atoms with van der Waals surface area (Å²) < 4.78 is 29.6. The molecule has 3 amide bonds. The second-order valence-electron chi connectivity index (χ2n) is 9.10. The molecule has 0 bridgehead atoms. The van der Waals surface area contributed by atoms with E-state index in [2.05, 4.69) is 5.32 Å². The Morgan fingerprint density at radius 2 is 1.77 bits per heavy atom. The average Bonchev–Trinajstić information content (AvgIpc) is 2.65. The Morgan fingerprint density at radius 1 is 1.16 bits per heavy atom. The summed E-state index contributed by atoms with van der Waals surface area (Å²) in [5.74, 6) is -3.84. The van der Waals surface area contributed by atoms with Crippen molar-refractivity contribution < 1.29 is 28.3 Å². The van der Waals surface area contributed by atoms with E-state index in [1.54, 1.807) is 4.90 Å². The molecule has 3 aliphatic rings. The second-order valence-corrected chi connectivity index (χ2v) is 9.10. The van der Waals surface area contributed by atoms with Crippen LogP contribution in [0.3, 0.4) is 0 Å². The van der Waals surface area contributed by atoms with Crippen LogP contribution in [0, 0.1) is 11.6 Å². The van der Waals surface area contributed by atoms with Gasteiger partial charge in [-0.1, -0.05) is 19.3 Å². The van der Waals surface area contributed by atoms with E-state index in [1.807, 2.05) is 6.92 Å². The molecule has 3 fully saturated rings. The number of piperidine rings is 1. The van der Waals surface area contributed by atoms with Crippen molar-refractivity contribution in [2.24, 2.45) is 0 Å². The third-order valence-corrected chi connectivity index (χ3v) is 6.96. The maximum absolute atomic E-state index is 14.8. The SMILES string of the molecule is CC1(N(C(=O)O)C2CN(c3cc(F)c(C4CCC(=O)NC4=O)c(F)c3)C2)CCCCC1. The third-order valence-electron chi connectivity index (χ3n) is 6.96. The van der Waals surface area contributed by atoms with E-state index < -0.39 is 41.0 Å². The first-order valence-corrected chi connectivity index (χ1v) is 10.8. The molecule has 1 aromatic carbocycles. The first-order chi connectivity index (χ1) is 14.7. The lowest BCUT2D eigenvalue weighted by Crippen LogP contribution is -2.67. The van der Waals surface area contributed by atoms with Gasteiger partial charge in [0.05, 0.1) is 12.0 Å². The van der Waals surface area contributed by atoms with Crippen LogP contribution < -0.4 is 10.2 Å². The molecule has 2 heterocycles. The van der Waals surface area contributed by atoms with Gasteiger partial charge in [0.15, 0.2) is 0 Å². The van der Waals surface area contributed by atoms with Gasteiger partial charge in [0.1, 0.15) is 11.6 Å². The molecule has 2 N–H and O–H groups in total. The third kappa shape index (κ3) is 3.97. The summed E-state index contributed by atoms with van der Waals surface area (Å²) in [6, 6.07) is 2.14. The Hall–Kier alpha value is -2.71. The van der Waals surface area contributed by atoms with Crippen LogP contribution in [0.5, 0.6) is 0 Å². The van der Waals surface area contributed by atoms with E-state index in [-0.39, 0.29) is 24.4 Å². The Balaban J connectivity index is 1.49. The van der Waals surface area contributed by atoms with Crippen molar-refractivity contribution in [2.45, 2.75) is 69.4 Å². The molecule has 1 unspecified atom stereocenters. The monoisotopic (exact) mass is 435 g/mol. The highest BCUT2D eigenvalue weighted by Gasteiger charge is 2.45. The van der Waals surface area contributed by atoms with Gasteiger partial charge in [-0.25, -0.2) is 13.6 Å². The molecule has 1 aliphatic carbocycles. The molecule has 168 valence electrons. The van der Waals surface area contributed by atoms with E-state index in [0.29, 0.717) is 18.8 Å². The molecule has 0 spiro atoms. The van der Waals surface area contributed by atoms with Crippen LogP contribution in [0.1, 0.15) is 63.4 Å². The minimum Gasteiger partial charge on any atom is -0.465 e. The zero-order valence-corrected chi connectivity index (χ0v) is 17.5. The Labute approximate surface area is 179 Å². The molecule has 9 heteroatoms. The minimum absolute atomic E-state index is 0.0363. The normalized spacial score (nSPS) is 23.8. The molecular weight excluding hydrogens is 408 g/mol. The number of anilines is 1. The van der Waals surface area contributed by atoms with Crippen LogP contribution in [0.4, 0.5) is 19.3 Å². The van der Waals surface area contributed by atoms with Crippen LogP contribution >= 0.6 is 0 Å². The first-order valence-electron chi connectivity index (χ1n) is 10.8. The number of hydrogen-bond donors (Lipinski definition) is 2. The van der Waals surface area contributed by atoms with Crippen molar-refractivity contribution in [3.05, 3.63) is 29.3 Å². The topological polar surface area (TPSA) is 90.0 Å². The number of rotatable bonds is 4. The lowest BCUT2D eigenvalue weighted by molar-refractivity contribution is -0.134. The highest BCUT2D eigenvalue weighted by molar-refractivity contribution is 6.01. The summed E-state index contributed by atoms with van der Waals surface area (Å²) in [5, 5.41) is 11.9. The summed E-state index contributed by atoms with van der Waals surface area (Å²) in [4.78, 5) is 38.6. The van der Waals surface area contributed by atoms with E-state index in [4.69, 9.17) is 0 Å². The number of amides is 3. The van der Waals surface area contributed by atoms with Gasteiger partial charge in [0.25, 0.3) is 0 Å². The van der Waals surface area contributed by atoms with Crippen LogP contribution in [-0.4, -0.2) is 52.6 Å². The van der Waals surface area contributed by atoms with Gasteiger partial charge in [0, 0.05) is 36.3 Å². The highest BCUT2D eigenvalue weighted by atomic mass is 19.1. The maximum atomic E-state index is 14.8. The summed E-state index contributed by atoms with van der Waals surface area (Å²) in [5.41, 5.74) is -0.415. The van der Waals surface area contributed by atoms with Crippen LogP contribution in [-0.2, 0) is 9.59 Å². The van der Waals surface area contributed by atoms with Gasteiger partial charge in [0.2, 0.25) is 11.8 Å². The molecule has 4 rings (SSSR count). The smallest absolute Gasteiger partial charge is 0.408 e. The molecule has 2 aliphatic heterocycles. The molecule has 31 heavy (non-hydrogen) atoms. The zero-order valence-electron chi connectivity index (χ0n) is 17.5. The summed E-state index contributed by atoms with van der Waals surface area (Å²) in [6.07, 6.45) is 3.88. The molecule has 1 saturated carbocycles. The van der Waals surface area contributed by atoms with E-state index in [9.17, 15) is 28.3 Å². The fraction of sp³-hybridized carbons (Fsp3) is 0.591. The number of nitrogens with zero attached hydrogens (tertiary/aromatic N) is 2. The van der Waals surface area contributed by atoms with E-state index in [0.717, 1.165) is 32.1 Å². The van der Waals surface area contributed by atoms with Crippen LogP contribution in [0.15, 0.2) is 12.1 Å². The van der Waals surface area contributed by atoms with Gasteiger partial charge in [-0.05, 0) is 38.3 Å². The highest BCUT2D eigenvalue weighted by Crippen LogP contribution is 2.38. The Kier molecular flexibility index (Phi) is 5.61. The largest absolute Gasteiger partial charge is 0.465 e. The average molecular weight is 435 g/mol. The van der Waals surface area contributed by atoms with Gasteiger partial charge in [-0.3, -0.25) is 19.8 Å². The Bertz CT molecular complexity index is 887. The summed E-state index contributed by atoms with van der Waals surface area (Å²) in [7, 11) is 0. The number of halogens is 2. The predicted octanol–water partition coefficient (Wildman–Crippen LogP) is 3.38. The van der Waals surface area contributed by atoms with Crippen LogP contribution in [0.25, 0.3) is 0 Å². The van der Waals surface area contributed by atoms with Crippen molar-refractivity contribution in [1.29, 1.82) is 0 Å². The van der Waals surface area contributed by atoms with Crippen molar-refractivity contribution >= 4 is 23.6 Å². The van der Waals surface area contributed by atoms with E-state index >= 15 is 0 Å². The molecule has 0 radical (unpaired) electrons. The van der Waals surface area contributed by atoms with Crippen LogP contribution in [0.2, 0.25) is 0 Å². The fourth-order valence-electron chi connectivity index (χ4n) is 5.27. The van der Waals surface area contributed by atoms with Crippen molar-refractivity contribution in [2.75, 3.05) is 18.0 Å². The van der Waals surface area contributed by atoms with Crippen molar-refractivity contribution in [3.8, 4) is 0 Å². The number of imide groups is 1. The number of carboxylic acid groups (broad SMARTS) is 1. The minimum atomic E-state index is -1.04. The number of benzene rings is 1. The van der Waals surface area contributed by atoms with Gasteiger partial charge in [-0.15, -0.1) is 0 Å². The molecule has 0 aromatic heterocycles. The number of nitrogens with one attached hydrogen (secondary N) is 1. The lowest BCUT2D eigenvalue weighted by atomic mass is 9.80. The van der Waals surface area contributed by atoms with Crippen molar-refractivity contribution in [3.63, 3.8) is 0 Å². The number of carbonyl (C=O) groups is 3. The van der Waals surface area contributed by atoms with Crippen molar-refractivity contribution in [1.82, 2.24) is 10.2 Å². The quantitative estimate of drug-likeness (QED) is 0.708. The standard InChI is InChI=1S/C22H27F2N3O4/c1-22(7-3-2-4-8-22)27(21(30)31)14-11-26(12-14)13-9-16(23)19(17(24)10-13)15-5-6-18(28)25-20(15)29/h9-10,14-15H,2-8,11-12H2,1H3,(H,30,31)(H,25,28,29). The zero-order chi connectivity index (χ0) is 22.3. The van der Waals surface area contributed by atoms with E-state index in [1.165, 1.54) is 17.0 Å². The second kappa shape index (κ2) is 8.09.